The number of aliphatic imine (C=N–C) groups is 1. The number of anilines is 1. The van der Waals surface area contributed by atoms with Crippen LogP contribution in [0.4, 0.5) is 5.69 Å². The molecule has 0 aliphatic carbocycles. The van der Waals surface area contributed by atoms with E-state index in [9.17, 15) is 0 Å². The molecule has 0 radical (unpaired) electrons. The van der Waals surface area contributed by atoms with Crippen molar-refractivity contribution >= 4 is 23.2 Å². The third-order valence-corrected chi connectivity index (χ3v) is 2.79. The summed E-state index contributed by atoms with van der Waals surface area (Å²) in [6, 6.07) is 7.27. The lowest BCUT2D eigenvalue weighted by atomic mass is 10.2. The molecule has 0 amide bonds. The fraction of sp³-hybridized carbons (Fsp3) is 0.300. The first-order valence-corrected chi connectivity index (χ1v) is 5.45. The Balaban J connectivity index is 2.23. The average Bonchev–Trinajstić information content (AvgIpc) is 2.69. The predicted molar refractivity (Wildman–Crippen MR) is 68.2 cm³/mol. The summed E-state index contributed by atoms with van der Waals surface area (Å²) in [5.41, 5.74) is 15.1. The number of guanidine groups is 1. The number of azide groups is 1. The summed E-state index contributed by atoms with van der Waals surface area (Å²) >= 11 is 5.83. The highest BCUT2D eigenvalue weighted by Gasteiger charge is 2.26. The first kappa shape index (κ1) is 11.6. The lowest BCUT2D eigenvalue weighted by Gasteiger charge is -2.25. The molecule has 1 unspecified atom stereocenters. The highest BCUT2D eigenvalue weighted by molar-refractivity contribution is 6.30. The lowest BCUT2D eigenvalue weighted by molar-refractivity contribution is 0.715. The van der Waals surface area contributed by atoms with Crippen molar-refractivity contribution in [3.63, 3.8) is 0 Å². The van der Waals surface area contributed by atoms with Gasteiger partial charge in [0, 0.05) is 22.2 Å². The van der Waals surface area contributed by atoms with Gasteiger partial charge < -0.3 is 10.6 Å². The molecule has 1 aromatic rings. The highest BCUT2D eigenvalue weighted by atomic mass is 35.5. The van der Waals surface area contributed by atoms with Crippen LogP contribution in [-0.2, 0) is 0 Å². The van der Waals surface area contributed by atoms with Gasteiger partial charge in [-0.15, -0.1) is 0 Å². The van der Waals surface area contributed by atoms with E-state index in [4.69, 9.17) is 22.9 Å². The van der Waals surface area contributed by atoms with Crippen LogP contribution in [0.2, 0.25) is 5.02 Å². The van der Waals surface area contributed by atoms with Gasteiger partial charge in [0.05, 0.1) is 12.6 Å². The van der Waals surface area contributed by atoms with E-state index in [1.807, 2.05) is 17.0 Å². The molecular formula is C10H11ClN6. The molecule has 17 heavy (non-hydrogen) atoms. The van der Waals surface area contributed by atoms with Gasteiger partial charge in [-0.3, -0.25) is 4.99 Å². The summed E-state index contributed by atoms with van der Waals surface area (Å²) in [7, 11) is 0. The van der Waals surface area contributed by atoms with Crippen molar-refractivity contribution < 1.29 is 0 Å². The van der Waals surface area contributed by atoms with Crippen LogP contribution in [0.1, 0.15) is 0 Å². The Morgan fingerprint density at radius 3 is 2.88 bits per heavy atom. The van der Waals surface area contributed by atoms with E-state index in [0.717, 1.165) is 5.69 Å². The van der Waals surface area contributed by atoms with E-state index >= 15 is 0 Å². The molecule has 0 spiro atoms. The molecule has 1 aromatic carbocycles. The topological polar surface area (TPSA) is 90.4 Å². The van der Waals surface area contributed by atoms with E-state index in [2.05, 4.69) is 15.0 Å². The van der Waals surface area contributed by atoms with Gasteiger partial charge in [0.25, 0.3) is 0 Å². The highest BCUT2D eigenvalue weighted by Crippen LogP contribution is 2.22. The largest absolute Gasteiger partial charge is 0.370 e. The molecule has 0 saturated carbocycles. The third-order valence-electron chi connectivity index (χ3n) is 2.54. The number of nitrogens with two attached hydrogens (primary N) is 1. The van der Waals surface area contributed by atoms with Gasteiger partial charge in [-0.2, -0.15) is 0 Å². The van der Waals surface area contributed by atoms with Crippen LogP contribution in [0.5, 0.6) is 0 Å². The second kappa shape index (κ2) is 4.95. The monoisotopic (exact) mass is 250 g/mol. The zero-order chi connectivity index (χ0) is 12.3. The minimum Gasteiger partial charge on any atom is -0.370 e. The van der Waals surface area contributed by atoms with Gasteiger partial charge in [0.1, 0.15) is 0 Å². The number of hydrogen-bond donors (Lipinski definition) is 1. The SMILES string of the molecule is [N-]=[N+]=NCC1CN=C(N)N1c1ccc(Cl)cc1. The molecule has 2 rings (SSSR count). The number of nitrogens with zero attached hydrogens (tertiary/aromatic N) is 5. The van der Waals surface area contributed by atoms with Crippen LogP contribution in [0.15, 0.2) is 34.4 Å². The fourth-order valence-corrected chi connectivity index (χ4v) is 1.88. The van der Waals surface area contributed by atoms with Crippen LogP contribution in [0.3, 0.4) is 0 Å². The van der Waals surface area contributed by atoms with Crippen molar-refractivity contribution in [3.8, 4) is 0 Å². The molecule has 0 saturated heterocycles. The zero-order valence-corrected chi connectivity index (χ0v) is 9.75. The number of hydrogen-bond acceptors (Lipinski definition) is 4. The zero-order valence-electron chi connectivity index (χ0n) is 8.99. The standard InChI is InChI=1S/C10H11ClN6/c11-7-1-3-8(4-2-7)17-9(6-15-16-13)5-14-10(17)12/h1-4,9H,5-6H2,(H2,12,14). The van der Waals surface area contributed by atoms with Crippen LogP contribution in [-0.4, -0.2) is 25.1 Å². The average molecular weight is 251 g/mol. The first-order chi connectivity index (χ1) is 8.22. The van der Waals surface area contributed by atoms with Crippen LogP contribution in [0.25, 0.3) is 10.4 Å². The van der Waals surface area contributed by atoms with Crippen molar-refractivity contribution in [2.24, 2.45) is 15.8 Å². The number of rotatable bonds is 3. The van der Waals surface area contributed by atoms with Gasteiger partial charge >= 0.3 is 0 Å². The van der Waals surface area contributed by atoms with E-state index in [1.165, 1.54) is 0 Å². The Bertz CT molecular complexity index is 476. The summed E-state index contributed by atoms with van der Waals surface area (Å²) in [5.74, 6) is 0.436. The normalized spacial score (nSPS) is 18.8. The molecule has 1 atom stereocenters. The summed E-state index contributed by atoms with van der Waals surface area (Å²) < 4.78 is 0. The quantitative estimate of drug-likeness (QED) is 0.506. The van der Waals surface area contributed by atoms with Crippen LogP contribution >= 0.6 is 11.6 Å². The minimum atomic E-state index is -0.0212. The van der Waals surface area contributed by atoms with E-state index < -0.39 is 0 Å². The smallest absolute Gasteiger partial charge is 0.196 e. The second-order valence-corrected chi connectivity index (χ2v) is 4.05. The van der Waals surface area contributed by atoms with Crippen LogP contribution < -0.4 is 10.6 Å². The van der Waals surface area contributed by atoms with Crippen molar-refractivity contribution in [1.29, 1.82) is 0 Å². The molecular weight excluding hydrogens is 240 g/mol. The summed E-state index contributed by atoms with van der Waals surface area (Å²) in [4.78, 5) is 8.76. The van der Waals surface area contributed by atoms with Gasteiger partial charge in [0.2, 0.25) is 0 Å². The molecule has 6 nitrogen and oxygen atoms in total. The lowest BCUT2D eigenvalue weighted by Crippen LogP contribution is -2.42. The molecule has 0 aromatic heterocycles. The van der Waals surface area contributed by atoms with Gasteiger partial charge in [-0.25, -0.2) is 0 Å². The van der Waals surface area contributed by atoms with Crippen molar-refractivity contribution in [2.75, 3.05) is 18.0 Å². The summed E-state index contributed by atoms with van der Waals surface area (Å²) in [6.07, 6.45) is 0. The molecule has 2 N–H and O–H groups in total. The molecule has 88 valence electrons. The number of benzene rings is 1. The number of halogens is 1. The summed E-state index contributed by atoms with van der Waals surface area (Å²) in [5, 5.41) is 4.23. The maximum Gasteiger partial charge on any atom is 0.196 e. The summed E-state index contributed by atoms with van der Waals surface area (Å²) in [6.45, 7) is 0.872. The maximum absolute atomic E-state index is 8.34. The van der Waals surface area contributed by atoms with Crippen molar-refractivity contribution in [3.05, 3.63) is 39.7 Å². The molecule has 1 aliphatic heterocycles. The molecule has 0 fully saturated rings. The van der Waals surface area contributed by atoms with Crippen LogP contribution in [0, 0.1) is 0 Å². The maximum atomic E-state index is 8.34. The molecule has 7 heteroatoms. The Morgan fingerprint density at radius 2 is 2.24 bits per heavy atom. The Morgan fingerprint density at radius 1 is 1.53 bits per heavy atom. The minimum absolute atomic E-state index is 0.0212. The van der Waals surface area contributed by atoms with Crippen molar-refractivity contribution in [1.82, 2.24) is 0 Å². The van der Waals surface area contributed by atoms with E-state index in [0.29, 0.717) is 24.1 Å². The molecule has 1 aliphatic rings. The second-order valence-electron chi connectivity index (χ2n) is 3.61. The fourth-order valence-electron chi connectivity index (χ4n) is 1.76. The van der Waals surface area contributed by atoms with Gasteiger partial charge in [-0.1, -0.05) is 16.7 Å². The molecule has 0 bridgehead atoms. The first-order valence-electron chi connectivity index (χ1n) is 5.08. The van der Waals surface area contributed by atoms with E-state index in [1.54, 1.807) is 12.1 Å². The Kier molecular flexibility index (Phi) is 3.37. The van der Waals surface area contributed by atoms with Gasteiger partial charge in [0.15, 0.2) is 5.96 Å². The Labute approximate surface area is 103 Å². The Hall–Kier alpha value is -1.91. The van der Waals surface area contributed by atoms with Crippen molar-refractivity contribution in [2.45, 2.75) is 6.04 Å². The molecule has 1 heterocycles. The predicted octanol–water partition coefficient (Wildman–Crippen LogP) is 2.15. The van der Waals surface area contributed by atoms with E-state index in [-0.39, 0.29) is 6.04 Å². The van der Waals surface area contributed by atoms with Gasteiger partial charge in [-0.05, 0) is 29.8 Å². The third kappa shape index (κ3) is 2.43.